The first-order valence-electron chi connectivity index (χ1n) is 10.3. The fourth-order valence-corrected chi connectivity index (χ4v) is 5.82. The molecule has 29 heavy (non-hydrogen) atoms. The molecule has 2 fully saturated rings. The molecule has 2 aromatic rings. The summed E-state index contributed by atoms with van der Waals surface area (Å²) in [5.41, 5.74) is 3.28. The first-order valence-corrected chi connectivity index (χ1v) is 10.3. The van der Waals surface area contributed by atoms with Crippen molar-refractivity contribution in [1.29, 1.82) is 0 Å². The van der Waals surface area contributed by atoms with Crippen LogP contribution in [0.1, 0.15) is 56.1 Å². The standard InChI is InChI=1S/C23H31N3O3/c1-14-6-7-16-17(8-14)24-20(21(28)29-5)19(16)25-18(27)11-26-13-23(4)10-15(26)9-22(2,3)12-23/h6-8,15,24H,9-13H2,1-5H3,(H,25,27). The average molecular weight is 398 g/mol. The minimum Gasteiger partial charge on any atom is -0.464 e. The maximum absolute atomic E-state index is 13.0. The van der Waals surface area contributed by atoms with Gasteiger partial charge < -0.3 is 15.0 Å². The molecule has 2 heterocycles. The van der Waals surface area contributed by atoms with Crippen molar-refractivity contribution in [3.8, 4) is 0 Å². The molecule has 4 rings (SSSR count). The highest BCUT2D eigenvalue weighted by Crippen LogP contribution is 2.52. The van der Waals surface area contributed by atoms with Crippen LogP contribution in [0.5, 0.6) is 0 Å². The zero-order valence-electron chi connectivity index (χ0n) is 18.0. The van der Waals surface area contributed by atoms with Crippen LogP contribution in [0.15, 0.2) is 18.2 Å². The van der Waals surface area contributed by atoms with Crippen molar-refractivity contribution in [3.63, 3.8) is 0 Å². The van der Waals surface area contributed by atoms with Gasteiger partial charge in [-0.3, -0.25) is 9.69 Å². The Kier molecular flexibility index (Phi) is 4.73. The zero-order valence-corrected chi connectivity index (χ0v) is 18.0. The van der Waals surface area contributed by atoms with E-state index in [1.807, 2.05) is 25.1 Å². The molecule has 1 aliphatic heterocycles. The normalized spacial score (nSPS) is 25.9. The Morgan fingerprint density at radius 1 is 1.28 bits per heavy atom. The second kappa shape index (κ2) is 6.87. The summed E-state index contributed by atoms with van der Waals surface area (Å²) < 4.78 is 4.91. The third kappa shape index (κ3) is 3.78. The molecule has 156 valence electrons. The molecule has 1 aromatic heterocycles. The van der Waals surface area contributed by atoms with Crippen LogP contribution < -0.4 is 5.32 Å². The molecule has 0 spiro atoms. The van der Waals surface area contributed by atoms with Crippen molar-refractivity contribution in [2.45, 2.75) is 53.0 Å². The topological polar surface area (TPSA) is 74.4 Å². The zero-order chi connectivity index (χ0) is 21.0. The molecule has 1 saturated heterocycles. The van der Waals surface area contributed by atoms with E-state index in [1.54, 1.807) is 0 Å². The molecule has 1 aromatic carbocycles. The molecule has 2 unspecified atom stereocenters. The van der Waals surface area contributed by atoms with E-state index < -0.39 is 5.97 Å². The number of esters is 1. The average Bonchev–Trinajstić information content (AvgIpc) is 3.07. The maximum atomic E-state index is 13.0. The minimum absolute atomic E-state index is 0.0921. The van der Waals surface area contributed by atoms with Gasteiger partial charge >= 0.3 is 5.97 Å². The predicted octanol–water partition coefficient (Wildman–Crippen LogP) is 4.10. The fraction of sp³-hybridized carbons (Fsp3) is 0.565. The molecular weight excluding hydrogens is 366 g/mol. The van der Waals surface area contributed by atoms with Gasteiger partial charge in [-0.25, -0.2) is 4.79 Å². The van der Waals surface area contributed by atoms with Crippen LogP contribution in [0.4, 0.5) is 5.69 Å². The number of amides is 1. The Hall–Kier alpha value is -2.34. The fourth-order valence-electron chi connectivity index (χ4n) is 5.82. The minimum atomic E-state index is -0.486. The SMILES string of the molecule is COC(=O)c1[nH]c2cc(C)ccc2c1NC(=O)CN1CC2(C)CC1CC(C)(C)C2. The monoisotopic (exact) mass is 397 g/mol. The molecule has 2 bridgehead atoms. The summed E-state index contributed by atoms with van der Waals surface area (Å²) in [6.45, 7) is 10.3. The summed E-state index contributed by atoms with van der Waals surface area (Å²) in [6, 6.07) is 6.30. The number of methoxy groups -OCH3 is 1. The van der Waals surface area contributed by atoms with E-state index in [4.69, 9.17) is 4.74 Å². The smallest absolute Gasteiger partial charge is 0.356 e. The highest BCUT2D eigenvalue weighted by molar-refractivity contribution is 6.11. The van der Waals surface area contributed by atoms with Crippen molar-refractivity contribution in [1.82, 2.24) is 9.88 Å². The number of aromatic amines is 1. The molecule has 2 atom stereocenters. The van der Waals surface area contributed by atoms with Crippen molar-refractivity contribution >= 4 is 28.5 Å². The van der Waals surface area contributed by atoms with Crippen molar-refractivity contribution in [2.24, 2.45) is 10.8 Å². The van der Waals surface area contributed by atoms with Gasteiger partial charge in [0.1, 0.15) is 5.69 Å². The number of benzene rings is 1. The Labute approximate surface area is 172 Å². The van der Waals surface area contributed by atoms with E-state index in [9.17, 15) is 9.59 Å². The molecule has 2 N–H and O–H groups in total. The Morgan fingerprint density at radius 2 is 2.03 bits per heavy atom. The third-order valence-electron chi connectivity index (χ3n) is 6.48. The summed E-state index contributed by atoms with van der Waals surface area (Å²) in [5, 5.41) is 3.81. The lowest BCUT2D eigenvalue weighted by Crippen LogP contribution is -2.38. The lowest BCUT2D eigenvalue weighted by atomic mass is 9.65. The van der Waals surface area contributed by atoms with Crippen LogP contribution in [0, 0.1) is 17.8 Å². The number of H-pyrrole nitrogens is 1. The van der Waals surface area contributed by atoms with E-state index >= 15 is 0 Å². The van der Waals surface area contributed by atoms with E-state index in [-0.39, 0.29) is 17.0 Å². The maximum Gasteiger partial charge on any atom is 0.356 e. The van der Waals surface area contributed by atoms with Gasteiger partial charge in [-0.15, -0.1) is 0 Å². The van der Waals surface area contributed by atoms with Gasteiger partial charge in [0, 0.05) is 23.5 Å². The summed E-state index contributed by atoms with van der Waals surface area (Å²) >= 11 is 0. The van der Waals surface area contributed by atoms with E-state index in [0.717, 1.165) is 35.9 Å². The number of anilines is 1. The number of aromatic nitrogens is 1. The van der Waals surface area contributed by atoms with Gasteiger partial charge in [-0.05, 0) is 48.6 Å². The molecule has 1 amide bonds. The molecule has 1 saturated carbocycles. The molecule has 6 nitrogen and oxygen atoms in total. The second-order valence-electron chi connectivity index (χ2n) is 10.1. The van der Waals surface area contributed by atoms with E-state index in [1.165, 1.54) is 13.5 Å². The number of carbonyl (C=O) groups excluding carboxylic acids is 2. The molecular formula is C23H31N3O3. The quantitative estimate of drug-likeness (QED) is 0.762. The summed E-state index contributed by atoms with van der Waals surface area (Å²) in [4.78, 5) is 30.7. The Morgan fingerprint density at radius 3 is 2.76 bits per heavy atom. The van der Waals surface area contributed by atoms with Crippen molar-refractivity contribution < 1.29 is 14.3 Å². The highest BCUT2D eigenvalue weighted by atomic mass is 16.5. The number of fused-ring (bicyclic) bond motifs is 3. The van der Waals surface area contributed by atoms with Crippen LogP contribution in [-0.4, -0.2) is 48.0 Å². The Balaban J connectivity index is 1.56. The molecule has 0 radical (unpaired) electrons. The highest BCUT2D eigenvalue weighted by Gasteiger charge is 2.49. The number of carbonyl (C=O) groups is 2. The number of hydrogen-bond donors (Lipinski definition) is 2. The van der Waals surface area contributed by atoms with Crippen LogP contribution >= 0.6 is 0 Å². The second-order valence-corrected chi connectivity index (χ2v) is 10.1. The number of ether oxygens (including phenoxy) is 1. The van der Waals surface area contributed by atoms with Crippen LogP contribution in [-0.2, 0) is 9.53 Å². The lowest BCUT2D eigenvalue weighted by Gasteiger charge is -2.39. The van der Waals surface area contributed by atoms with Crippen molar-refractivity contribution in [2.75, 3.05) is 25.5 Å². The first kappa shape index (κ1) is 20.0. The third-order valence-corrected chi connectivity index (χ3v) is 6.48. The first-order chi connectivity index (χ1) is 13.6. The van der Waals surface area contributed by atoms with Gasteiger partial charge in [0.05, 0.1) is 19.3 Å². The van der Waals surface area contributed by atoms with E-state index in [2.05, 4.69) is 36.0 Å². The number of nitrogens with one attached hydrogen (secondary N) is 2. The van der Waals surface area contributed by atoms with Crippen LogP contribution in [0.3, 0.4) is 0 Å². The number of rotatable bonds is 4. The Bertz CT molecular complexity index is 977. The predicted molar refractivity (Wildman–Crippen MR) is 114 cm³/mol. The number of hydrogen-bond acceptors (Lipinski definition) is 4. The number of aryl methyl sites for hydroxylation is 1. The van der Waals surface area contributed by atoms with Crippen LogP contribution in [0.25, 0.3) is 10.9 Å². The van der Waals surface area contributed by atoms with Gasteiger partial charge in [0.25, 0.3) is 0 Å². The number of nitrogens with zero attached hydrogens (tertiary/aromatic N) is 1. The van der Waals surface area contributed by atoms with Gasteiger partial charge in [-0.2, -0.15) is 0 Å². The van der Waals surface area contributed by atoms with Gasteiger partial charge in [-0.1, -0.05) is 32.9 Å². The summed E-state index contributed by atoms with van der Waals surface area (Å²) in [6.07, 6.45) is 3.47. The largest absolute Gasteiger partial charge is 0.464 e. The number of likely N-dealkylation sites (tertiary alicyclic amines) is 1. The van der Waals surface area contributed by atoms with E-state index in [0.29, 0.717) is 23.7 Å². The summed E-state index contributed by atoms with van der Waals surface area (Å²) in [7, 11) is 1.34. The molecule has 1 aliphatic carbocycles. The van der Waals surface area contributed by atoms with Crippen LogP contribution in [0.2, 0.25) is 0 Å². The molecule has 6 heteroatoms. The summed E-state index contributed by atoms with van der Waals surface area (Å²) in [5.74, 6) is -0.578. The molecule has 2 aliphatic rings. The van der Waals surface area contributed by atoms with Gasteiger partial charge in [0.15, 0.2) is 0 Å². The van der Waals surface area contributed by atoms with Crippen molar-refractivity contribution in [3.05, 3.63) is 29.5 Å². The van der Waals surface area contributed by atoms with Gasteiger partial charge in [0.2, 0.25) is 5.91 Å². The lowest BCUT2D eigenvalue weighted by molar-refractivity contribution is -0.117.